The highest BCUT2D eigenvalue weighted by atomic mass is 16.5. The summed E-state index contributed by atoms with van der Waals surface area (Å²) in [4.78, 5) is 26.1. The van der Waals surface area contributed by atoms with Gasteiger partial charge in [0.1, 0.15) is 6.10 Å². The van der Waals surface area contributed by atoms with E-state index < -0.39 is 18.2 Å². The number of rotatable bonds is 45. The lowest BCUT2D eigenvalue weighted by molar-refractivity contribution is -0.151. The molecule has 0 heterocycles. The van der Waals surface area contributed by atoms with Crippen molar-refractivity contribution in [2.24, 2.45) is 0 Å². The Morgan fingerprint density at radius 1 is 0.500 bits per heavy atom. The second kappa shape index (κ2) is 44.7. The second-order valence-corrected chi connectivity index (χ2v) is 17.2. The Morgan fingerprint density at radius 2 is 0.857 bits per heavy atom. The van der Waals surface area contributed by atoms with Crippen molar-refractivity contribution < 1.29 is 24.5 Å². The van der Waals surface area contributed by atoms with E-state index in [-0.39, 0.29) is 24.9 Å². The number of aliphatic hydroxyl groups excluding tert-OH is 2. The Bertz CT molecular complexity index is 847. The molecular weight excluding hydrogens is 695 g/mol. The van der Waals surface area contributed by atoms with Gasteiger partial charge >= 0.3 is 5.97 Å². The zero-order valence-corrected chi connectivity index (χ0v) is 37.8. The summed E-state index contributed by atoms with van der Waals surface area (Å²) in [5.41, 5.74) is 0. The van der Waals surface area contributed by atoms with Crippen LogP contribution in [-0.2, 0) is 14.3 Å². The molecule has 6 heteroatoms. The predicted molar refractivity (Wildman–Crippen MR) is 241 cm³/mol. The molecule has 6 nitrogen and oxygen atoms in total. The molecule has 332 valence electrons. The normalized spacial score (nSPS) is 13.3. The molecule has 0 bridgehead atoms. The first-order valence-electron chi connectivity index (χ1n) is 24.9. The van der Waals surface area contributed by atoms with Crippen LogP contribution < -0.4 is 5.32 Å². The molecule has 0 aliphatic carbocycles. The van der Waals surface area contributed by atoms with E-state index in [0.717, 1.165) is 57.8 Å². The highest BCUT2D eigenvalue weighted by Crippen LogP contribution is 2.18. The largest absolute Gasteiger partial charge is 0.462 e. The first-order valence-corrected chi connectivity index (χ1v) is 24.9. The summed E-state index contributed by atoms with van der Waals surface area (Å²) in [6.45, 7) is 6.47. The van der Waals surface area contributed by atoms with E-state index in [1.807, 2.05) is 0 Å². The van der Waals surface area contributed by atoms with Crippen LogP contribution in [0.3, 0.4) is 0 Å². The number of carbonyl (C=O) groups is 2. The number of ether oxygens (including phenoxy) is 1. The zero-order chi connectivity index (χ0) is 41.0. The molecule has 0 aromatic heterocycles. The minimum atomic E-state index is -0.782. The van der Waals surface area contributed by atoms with Crippen molar-refractivity contribution >= 4 is 11.9 Å². The van der Waals surface area contributed by atoms with Crippen molar-refractivity contribution in [1.82, 2.24) is 5.32 Å². The Balaban J connectivity index is 4.55. The van der Waals surface area contributed by atoms with Gasteiger partial charge in [0.2, 0.25) is 5.91 Å². The van der Waals surface area contributed by atoms with Crippen molar-refractivity contribution in [1.29, 1.82) is 0 Å². The summed E-state index contributed by atoms with van der Waals surface area (Å²) in [5.74, 6) is -0.468. The number of hydrogen-bond acceptors (Lipinski definition) is 5. The SMILES string of the molecule is CCCCCC/C=C\CCCCCCCC(CC(=O)NC(CO)C(O)CCCCCCCCCCCC)OC(=O)CCCCCCCCCCCCCCCC. The van der Waals surface area contributed by atoms with E-state index in [9.17, 15) is 19.8 Å². The maximum absolute atomic E-state index is 13.2. The fourth-order valence-electron chi connectivity index (χ4n) is 7.78. The molecule has 0 saturated carbocycles. The summed E-state index contributed by atoms with van der Waals surface area (Å²) in [7, 11) is 0. The molecule has 3 N–H and O–H groups in total. The Kier molecular flexibility index (Phi) is 43.6. The molecule has 0 aromatic rings. The molecule has 3 atom stereocenters. The molecule has 0 fully saturated rings. The minimum absolute atomic E-state index is 0.0784. The number of hydrogen-bond donors (Lipinski definition) is 3. The number of esters is 1. The molecule has 0 radical (unpaired) electrons. The van der Waals surface area contributed by atoms with Gasteiger partial charge in [-0.25, -0.2) is 0 Å². The highest BCUT2D eigenvalue weighted by Gasteiger charge is 2.24. The number of unbranched alkanes of at least 4 members (excludes halogenated alkanes) is 31. The fourth-order valence-corrected chi connectivity index (χ4v) is 7.78. The Hall–Kier alpha value is -1.40. The van der Waals surface area contributed by atoms with E-state index in [4.69, 9.17) is 4.74 Å². The third kappa shape index (κ3) is 39.4. The fraction of sp³-hybridized carbons (Fsp3) is 0.920. The second-order valence-electron chi connectivity index (χ2n) is 17.2. The predicted octanol–water partition coefficient (Wildman–Crippen LogP) is 14.6. The topological polar surface area (TPSA) is 95.9 Å². The summed E-state index contributed by atoms with van der Waals surface area (Å²) in [6, 6.07) is -0.696. The quantitative estimate of drug-likeness (QED) is 0.0324. The number of aliphatic hydroxyl groups is 2. The van der Waals surface area contributed by atoms with E-state index in [0.29, 0.717) is 19.3 Å². The first kappa shape index (κ1) is 54.6. The number of allylic oxidation sites excluding steroid dienone is 2. The Morgan fingerprint density at radius 3 is 1.29 bits per heavy atom. The van der Waals surface area contributed by atoms with Crippen LogP contribution in [0.25, 0.3) is 0 Å². The summed E-state index contributed by atoms with van der Waals surface area (Å²) < 4.78 is 5.92. The summed E-state index contributed by atoms with van der Waals surface area (Å²) >= 11 is 0. The van der Waals surface area contributed by atoms with Crippen LogP contribution >= 0.6 is 0 Å². The average Bonchev–Trinajstić information content (AvgIpc) is 3.19. The molecule has 0 rings (SSSR count). The highest BCUT2D eigenvalue weighted by molar-refractivity contribution is 5.77. The third-order valence-electron chi connectivity index (χ3n) is 11.6. The molecule has 0 spiro atoms. The zero-order valence-electron chi connectivity index (χ0n) is 37.8. The third-order valence-corrected chi connectivity index (χ3v) is 11.6. The van der Waals surface area contributed by atoms with Crippen LogP contribution in [0, 0.1) is 0 Å². The van der Waals surface area contributed by atoms with Gasteiger partial charge in [-0.15, -0.1) is 0 Å². The molecule has 0 aliphatic rings. The van der Waals surface area contributed by atoms with Crippen LogP contribution in [-0.4, -0.2) is 46.9 Å². The molecule has 56 heavy (non-hydrogen) atoms. The van der Waals surface area contributed by atoms with Crippen molar-refractivity contribution in [2.45, 2.75) is 289 Å². The van der Waals surface area contributed by atoms with Gasteiger partial charge in [0.05, 0.1) is 25.2 Å². The van der Waals surface area contributed by atoms with Crippen molar-refractivity contribution in [3.63, 3.8) is 0 Å². The molecule has 0 saturated heterocycles. The van der Waals surface area contributed by atoms with E-state index >= 15 is 0 Å². The number of nitrogens with one attached hydrogen (secondary N) is 1. The van der Waals surface area contributed by atoms with Crippen molar-refractivity contribution in [3.05, 3.63) is 12.2 Å². The lowest BCUT2D eigenvalue weighted by Gasteiger charge is -2.24. The molecule has 1 amide bonds. The molecule has 3 unspecified atom stereocenters. The lowest BCUT2D eigenvalue weighted by atomic mass is 10.0. The van der Waals surface area contributed by atoms with Gasteiger partial charge in [-0.2, -0.15) is 0 Å². The maximum atomic E-state index is 13.2. The van der Waals surface area contributed by atoms with Gasteiger partial charge in [0, 0.05) is 6.42 Å². The van der Waals surface area contributed by atoms with Gasteiger partial charge in [-0.3, -0.25) is 9.59 Å². The number of amides is 1. The van der Waals surface area contributed by atoms with Gasteiger partial charge in [-0.1, -0.05) is 219 Å². The van der Waals surface area contributed by atoms with Crippen LogP contribution in [0.5, 0.6) is 0 Å². The van der Waals surface area contributed by atoms with E-state index in [2.05, 4.69) is 38.2 Å². The lowest BCUT2D eigenvalue weighted by Crippen LogP contribution is -2.46. The van der Waals surface area contributed by atoms with Gasteiger partial charge < -0.3 is 20.3 Å². The average molecular weight is 792 g/mol. The molecule has 0 aliphatic heterocycles. The smallest absolute Gasteiger partial charge is 0.306 e. The standard InChI is InChI=1S/C50H97NO5/c1-4-7-10-13-16-19-22-24-26-28-31-34-37-40-43-50(55)56-46(41-38-35-32-29-27-25-23-20-17-14-11-8-5-2)44-49(54)51-47(45-52)48(53)42-39-36-33-30-21-18-15-12-9-6-3/h20,23,46-48,52-53H,4-19,21-22,24-45H2,1-3H3,(H,51,54)/b23-20-. The minimum Gasteiger partial charge on any atom is -0.462 e. The number of carbonyl (C=O) groups excluding carboxylic acids is 2. The van der Waals surface area contributed by atoms with Gasteiger partial charge in [0.25, 0.3) is 0 Å². The first-order chi connectivity index (χ1) is 27.5. The van der Waals surface area contributed by atoms with Gasteiger partial charge in [0.15, 0.2) is 0 Å². The van der Waals surface area contributed by atoms with E-state index in [1.54, 1.807) is 0 Å². The van der Waals surface area contributed by atoms with Crippen LogP contribution in [0.15, 0.2) is 12.2 Å². The van der Waals surface area contributed by atoms with Crippen LogP contribution in [0.1, 0.15) is 271 Å². The van der Waals surface area contributed by atoms with Crippen LogP contribution in [0.2, 0.25) is 0 Å². The maximum Gasteiger partial charge on any atom is 0.306 e. The summed E-state index contributed by atoms with van der Waals surface area (Å²) in [6.07, 6.45) is 48.4. The molecule has 0 aromatic carbocycles. The van der Waals surface area contributed by atoms with Crippen LogP contribution in [0.4, 0.5) is 0 Å². The molecular formula is C50H97NO5. The van der Waals surface area contributed by atoms with Crippen molar-refractivity contribution in [2.75, 3.05) is 6.61 Å². The summed E-state index contributed by atoms with van der Waals surface area (Å²) in [5, 5.41) is 23.7. The van der Waals surface area contributed by atoms with E-state index in [1.165, 1.54) is 167 Å². The van der Waals surface area contributed by atoms with Crippen molar-refractivity contribution in [3.8, 4) is 0 Å². The Labute approximate surface area is 349 Å². The van der Waals surface area contributed by atoms with Gasteiger partial charge in [-0.05, 0) is 51.4 Å². The monoisotopic (exact) mass is 792 g/mol.